The van der Waals surface area contributed by atoms with Crippen LogP contribution in [0.25, 0.3) is 11.0 Å². The van der Waals surface area contributed by atoms with Crippen molar-refractivity contribution in [3.8, 4) is 0 Å². The predicted octanol–water partition coefficient (Wildman–Crippen LogP) is 2.24. The fourth-order valence-corrected chi connectivity index (χ4v) is 4.60. The number of nitrogens with zero attached hydrogens (tertiary/aromatic N) is 4. The number of benzene rings is 1. The molecular weight excluding hydrogens is 342 g/mol. The average molecular weight is 365 g/mol. The van der Waals surface area contributed by atoms with Crippen molar-refractivity contribution >= 4 is 16.9 Å². The third kappa shape index (κ3) is 2.65. The molecule has 27 heavy (non-hydrogen) atoms. The number of carbonyl (C=O) groups excluding carboxylic acids is 1. The predicted molar refractivity (Wildman–Crippen MR) is 100 cm³/mol. The molecule has 4 heterocycles. The highest BCUT2D eigenvalue weighted by Crippen LogP contribution is 2.42. The molecular formula is C20H23N5O2. The Bertz CT molecular complexity index is 970. The Balaban J connectivity index is 1.39. The van der Waals surface area contributed by atoms with E-state index in [2.05, 4.69) is 24.4 Å². The van der Waals surface area contributed by atoms with Gasteiger partial charge in [0.05, 0.1) is 34.9 Å². The third-order valence-corrected chi connectivity index (χ3v) is 5.98. The quantitative estimate of drug-likeness (QED) is 0.772. The number of carbonyl (C=O) groups is 1. The van der Waals surface area contributed by atoms with Gasteiger partial charge in [-0.2, -0.15) is 0 Å². The lowest BCUT2D eigenvalue weighted by Gasteiger charge is -2.48. The molecule has 1 amide bonds. The smallest absolute Gasteiger partial charge is 0.225 e. The van der Waals surface area contributed by atoms with Gasteiger partial charge in [0.2, 0.25) is 5.91 Å². The molecule has 140 valence electrons. The van der Waals surface area contributed by atoms with Crippen LogP contribution in [0.2, 0.25) is 0 Å². The maximum Gasteiger partial charge on any atom is 0.225 e. The van der Waals surface area contributed by atoms with Crippen molar-refractivity contribution in [3.05, 3.63) is 48.3 Å². The fourth-order valence-electron chi connectivity index (χ4n) is 4.60. The fraction of sp³-hybridized carbons (Fsp3) is 0.450. The maximum absolute atomic E-state index is 13.2. The zero-order valence-electron chi connectivity index (χ0n) is 15.2. The van der Waals surface area contributed by atoms with Gasteiger partial charge in [-0.15, -0.1) is 0 Å². The van der Waals surface area contributed by atoms with Crippen molar-refractivity contribution in [3.63, 3.8) is 0 Å². The molecule has 0 unspecified atom stereocenters. The molecule has 5 rings (SSSR count). The van der Waals surface area contributed by atoms with E-state index in [0.717, 1.165) is 42.5 Å². The molecule has 7 heteroatoms. The number of fused-ring (bicyclic) bond motifs is 3. The Morgan fingerprint density at radius 2 is 2.07 bits per heavy atom. The highest BCUT2D eigenvalue weighted by atomic mass is 16.5. The zero-order valence-corrected chi connectivity index (χ0v) is 15.2. The lowest BCUT2D eigenvalue weighted by atomic mass is 9.80. The number of aryl methyl sites for hydroxylation is 1. The number of aromatic nitrogens is 4. The third-order valence-electron chi connectivity index (χ3n) is 5.98. The van der Waals surface area contributed by atoms with Crippen molar-refractivity contribution < 1.29 is 9.53 Å². The van der Waals surface area contributed by atoms with E-state index in [4.69, 9.17) is 4.74 Å². The summed E-state index contributed by atoms with van der Waals surface area (Å²) in [5.74, 6) is 0.184. The highest BCUT2D eigenvalue weighted by Gasteiger charge is 2.47. The summed E-state index contributed by atoms with van der Waals surface area (Å²) in [5.41, 5.74) is 3.92. The molecule has 1 aromatic carbocycles. The summed E-state index contributed by atoms with van der Waals surface area (Å²) in [6.45, 7) is 2.71. The Kier molecular flexibility index (Phi) is 3.97. The average Bonchev–Trinajstić information content (AvgIpc) is 3.35. The summed E-state index contributed by atoms with van der Waals surface area (Å²) in [6.07, 6.45) is 6.49. The molecule has 2 aromatic heterocycles. The first-order chi connectivity index (χ1) is 13.3. The Labute approximate surface area is 157 Å². The van der Waals surface area contributed by atoms with Crippen molar-refractivity contribution in [2.45, 2.75) is 37.8 Å². The van der Waals surface area contributed by atoms with Crippen LogP contribution in [0.1, 0.15) is 30.7 Å². The molecule has 0 aliphatic carbocycles. The van der Waals surface area contributed by atoms with E-state index in [1.54, 1.807) is 6.33 Å². The molecule has 2 aliphatic rings. The van der Waals surface area contributed by atoms with Crippen LogP contribution in [0.3, 0.4) is 0 Å². The summed E-state index contributed by atoms with van der Waals surface area (Å²) in [5, 5.41) is 0. The second kappa shape index (κ2) is 6.49. The number of hydrogen-bond donors (Lipinski definition) is 1. The van der Waals surface area contributed by atoms with Gasteiger partial charge in [0.1, 0.15) is 0 Å². The zero-order chi connectivity index (χ0) is 18.3. The summed E-state index contributed by atoms with van der Waals surface area (Å²) >= 11 is 0. The molecule has 3 aromatic rings. The van der Waals surface area contributed by atoms with Gasteiger partial charge in [-0.3, -0.25) is 4.79 Å². The molecule has 1 N–H and O–H groups in total. The molecule has 1 saturated heterocycles. The van der Waals surface area contributed by atoms with Gasteiger partial charge in [0, 0.05) is 44.8 Å². The summed E-state index contributed by atoms with van der Waals surface area (Å²) in [4.78, 5) is 27.6. The summed E-state index contributed by atoms with van der Waals surface area (Å²) in [7, 11) is 0. The molecule has 1 spiro atoms. The normalized spacial score (nSPS) is 18.7. The van der Waals surface area contributed by atoms with E-state index in [9.17, 15) is 4.79 Å². The van der Waals surface area contributed by atoms with E-state index >= 15 is 0 Å². The largest absolute Gasteiger partial charge is 0.381 e. The van der Waals surface area contributed by atoms with E-state index < -0.39 is 0 Å². The van der Waals surface area contributed by atoms with Crippen LogP contribution in [0, 0.1) is 0 Å². The van der Waals surface area contributed by atoms with Crippen LogP contribution in [-0.2, 0) is 28.0 Å². The number of H-pyrrole nitrogens is 1. The second-order valence-corrected chi connectivity index (χ2v) is 7.35. The summed E-state index contributed by atoms with van der Waals surface area (Å²) < 4.78 is 7.66. The Hall–Kier alpha value is -2.67. The number of amides is 1. The number of nitrogens with one attached hydrogen (secondary N) is 1. The van der Waals surface area contributed by atoms with E-state index in [0.29, 0.717) is 26.2 Å². The minimum Gasteiger partial charge on any atom is -0.381 e. The first-order valence-electron chi connectivity index (χ1n) is 9.59. The van der Waals surface area contributed by atoms with Crippen molar-refractivity contribution in [1.82, 2.24) is 24.4 Å². The topological polar surface area (TPSA) is 76.0 Å². The number of aromatic amines is 1. The Morgan fingerprint density at radius 1 is 1.22 bits per heavy atom. The van der Waals surface area contributed by atoms with Gasteiger partial charge >= 0.3 is 0 Å². The summed E-state index contributed by atoms with van der Waals surface area (Å²) in [6, 6.07) is 8.02. The Morgan fingerprint density at radius 3 is 2.96 bits per heavy atom. The van der Waals surface area contributed by atoms with Crippen LogP contribution in [0.15, 0.2) is 36.9 Å². The molecule has 0 saturated carbocycles. The van der Waals surface area contributed by atoms with Crippen LogP contribution < -0.4 is 0 Å². The highest BCUT2D eigenvalue weighted by molar-refractivity contribution is 5.78. The van der Waals surface area contributed by atoms with Crippen molar-refractivity contribution in [1.29, 1.82) is 0 Å². The lowest BCUT2D eigenvalue weighted by molar-refractivity contribution is -0.144. The van der Waals surface area contributed by atoms with Gasteiger partial charge in [-0.25, -0.2) is 9.97 Å². The monoisotopic (exact) mass is 365 g/mol. The van der Waals surface area contributed by atoms with Gasteiger partial charge in [0.15, 0.2) is 0 Å². The van der Waals surface area contributed by atoms with Crippen LogP contribution >= 0.6 is 0 Å². The molecule has 7 nitrogen and oxygen atoms in total. The minimum atomic E-state index is -0.320. The molecule has 0 atom stereocenters. The van der Waals surface area contributed by atoms with Crippen LogP contribution in [0.4, 0.5) is 0 Å². The SMILES string of the molecule is O=C(CCn1cnc2ccccc21)N1CCc2[nH]cnc2C12CCOCC2. The molecule has 0 bridgehead atoms. The first kappa shape index (κ1) is 16.5. The van der Waals surface area contributed by atoms with Gasteiger partial charge in [-0.1, -0.05) is 12.1 Å². The van der Waals surface area contributed by atoms with Crippen molar-refractivity contribution in [2.75, 3.05) is 19.8 Å². The number of rotatable bonds is 3. The number of imidazole rings is 2. The standard InChI is InChI=1S/C20H23N5O2/c26-18(6-9-24-14-23-15-3-1-2-4-17(15)24)25-10-5-16-19(22-13-21-16)20(25)7-11-27-12-8-20/h1-4,13-14H,5-12H2,(H,21,22). The minimum absolute atomic E-state index is 0.184. The molecule has 0 radical (unpaired) electrons. The number of para-hydroxylation sites is 2. The van der Waals surface area contributed by atoms with Crippen LogP contribution in [0.5, 0.6) is 0 Å². The lowest BCUT2D eigenvalue weighted by Crippen LogP contribution is -2.56. The number of ether oxygens (including phenoxy) is 1. The number of hydrogen-bond acceptors (Lipinski definition) is 4. The second-order valence-electron chi connectivity index (χ2n) is 7.35. The molecule has 1 fully saturated rings. The van der Waals surface area contributed by atoms with E-state index in [-0.39, 0.29) is 11.4 Å². The van der Waals surface area contributed by atoms with E-state index in [1.165, 1.54) is 5.69 Å². The van der Waals surface area contributed by atoms with Gasteiger partial charge in [-0.05, 0) is 25.0 Å². The van der Waals surface area contributed by atoms with Crippen LogP contribution in [-0.4, -0.2) is 50.1 Å². The maximum atomic E-state index is 13.2. The molecule has 2 aliphatic heterocycles. The van der Waals surface area contributed by atoms with Crippen molar-refractivity contribution in [2.24, 2.45) is 0 Å². The first-order valence-corrected chi connectivity index (χ1v) is 9.59. The van der Waals surface area contributed by atoms with E-state index in [1.807, 2.05) is 30.6 Å². The van der Waals surface area contributed by atoms with Gasteiger partial charge < -0.3 is 19.2 Å². The van der Waals surface area contributed by atoms with Gasteiger partial charge in [0.25, 0.3) is 0 Å².